The molecular weight excluding hydrogens is 316 g/mol. The topological polar surface area (TPSA) is 121 Å². The van der Waals surface area contributed by atoms with Gasteiger partial charge in [-0.15, -0.1) is 0 Å². The van der Waals surface area contributed by atoms with E-state index in [4.69, 9.17) is 4.74 Å². The maximum Gasteiger partial charge on any atom is 0.336 e. The molecule has 1 rings (SSSR count). The van der Waals surface area contributed by atoms with Crippen molar-refractivity contribution in [1.29, 1.82) is 0 Å². The van der Waals surface area contributed by atoms with Crippen LogP contribution in [0.5, 0.6) is 5.75 Å². The Labute approximate surface area is 139 Å². The van der Waals surface area contributed by atoms with Crippen molar-refractivity contribution in [3.63, 3.8) is 0 Å². The number of aromatic carboxylic acids is 2. The fraction of sp³-hybridized carbons (Fsp3) is 0.353. The Morgan fingerprint density at radius 3 is 2.17 bits per heavy atom. The standard InChI is InChI=1S/C17H20O7/c1-5-24-15-10(6-9(4)18)13(17(22)23)11(16(20)21)7-12(15)14(19)8(2)3/h7,9,18H,2,5-6H2,1,3-4H3,(H,20,21)(H,22,23). The van der Waals surface area contributed by atoms with Gasteiger partial charge in [0.25, 0.3) is 0 Å². The van der Waals surface area contributed by atoms with Crippen LogP contribution in [-0.4, -0.2) is 45.8 Å². The highest BCUT2D eigenvalue weighted by Crippen LogP contribution is 2.33. The minimum Gasteiger partial charge on any atom is -0.493 e. The number of hydrogen-bond donors (Lipinski definition) is 3. The molecule has 0 amide bonds. The maximum atomic E-state index is 12.4. The average molecular weight is 336 g/mol. The molecule has 0 heterocycles. The zero-order valence-electron chi connectivity index (χ0n) is 13.8. The summed E-state index contributed by atoms with van der Waals surface area (Å²) in [6.45, 7) is 8.20. The van der Waals surface area contributed by atoms with E-state index in [9.17, 15) is 29.7 Å². The van der Waals surface area contributed by atoms with Gasteiger partial charge in [0.1, 0.15) is 5.75 Å². The number of carboxylic acid groups (broad SMARTS) is 2. The number of allylic oxidation sites excluding steroid dienone is 1. The van der Waals surface area contributed by atoms with Crippen molar-refractivity contribution >= 4 is 17.7 Å². The summed E-state index contributed by atoms with van der Waals surface area (Å²) in [5, 5.41) is 28.4. The van der Waals surface area contributed by atoms with Gasteiger partial charge in [0.05, 0.1) is 29.4 Å². The van der Waals surface area contributed by atoms with Crippen molar-refractivity contribution < 1.29 is 34.4 Å². The Hall–Kier alpha value is -2.67. The molecule has 0 bridgehead atoms. The summed E-state index contributed by atoms with van der Waals surface area (Å²) in [6, 6.07) is 0.985. The molecule has 0 saturated carbocycles. The van der Waals surface area contributed by atoms with Gasteiger partial charge in [0, 0.05) is 12.0 Å². The van der Waals surface area contributed by atoms with Crippen LogP contribution >= 0.6 is 0 Å². The SMILES string of the molecule is C=C(C)C(=O)c1cc(C(=O)O)c(C(=O)O)c(CC(C)O)c1OCC. The van der Waals surface area contributed by atoms with E-state index in [1.807, 2.05) is 0 Å². The zero-order valence-corrected chi connectivity index (χ0v) is 13.8. The maximum absolute atomic E-state index is 12.4. The van der Waals surface area contributed by atoms with E-state index in [-0.39, 0.29) is 35.5 Å². The molecule has 3 N–H and O–H groups in total. The number of carbonyl (C=O) groups is 3. The van der Waals surface area contributed by atoms with Gasteiger partial charge in [-0.25, -0.2) is 9.59 Å². The second-order valence-electron chi connectivity index (χ2n) is 5.36. The van der Waals surface area contributed by atoms with E-state index in [0.29, 0.717) is 0 Å². The number of carbonyl (C=O) groups excluding carboxylic acids is 1. The Morgan fingerprint density at radius 1 is 1.21 bits per heavy atom. The van der Waals surface area contributed by atoms with Crippen molar-refractivity contribution in [2.45, 2.75) is 33.3 Å². The molecule has 1 aromatic carbocycles. The molecule has 0 aliphatic carbocycles. The predicted molar refractivity (Wildman–Crippen MR) is 86.1 cm³/mol. The minimum atomic E-state index is -1.49. The van der Waals surface area contributed by atoms with Crippen molar-refractivity contribution in [3.05, 3.63) is 40.5 Å². The molecule has 1 atom stereocenters. The summed E-state index contributed by atoms with van der Waals surface area (Å²) in [5.41, 5.74) is -0.985. The molecule has 0 aliphatic heterocycles. The van der Waals surface area contributed by atoms with Crippen LogP contribution in [0.1, 0.15) is 57.4 Å². The van der Waals surface area contributed by atoms with E-state index < -0.39 is 35.0 Å². The molecule has 0 aliphatic rings. The fourth-order valence-electron chi connectivity index (χ4n) is 2.33. The second-order valence-corrected chi connectivity index (χ2v) is 5.36. The Balaban J connectivity index is 3.94. The van der Waals surface area contributed by atoms with Crippen LogP contribution < -0.4 is 4.74 Å². The van der Waals surface area contributed by atoms with Crippen molar-refractivity contribution in [2.24, 2.45) is 0 Å². The van der Waals surface area contributed by atoms with Gasteiger partial charge in [0.15, 0.2) is 5.78 Å². The first kappa shape index (κ1) is 19.4. The summed E-state index contributed by atoms with van der Waals surface area (Å²) in [7, 11) is 0. The summed E-state index contributed by atoms with van der Waals surface area (Å²) in [5.74, 6) is -3.55. The first-order valence-electron chi connectivity index (χ1n) is 7.29. The highest BCUT2D eigenvalue weighted by molar-refractivity contribution is 6.13. The molecule has 0 spiro atoms. The Kier molecular flexibility index (Phi) is 6.25. The first-order chi connectivity index (χ1) is 11.1. The molecule has 130 valence electrons. The highest BCUT2D eigenvalue weighted by Gasteiger charge is 2.29. The van der Waals surface area contributed by atoms with Gasteiger partial charge in [-0.3, -0.25) is 4.79 Å². The quantitative estimate of drug-likeness (QED) is 0.491. The molecule has 0 radical (unpaired) electrons. The van der Waals surface area contributed by atoms with Gasteiger partial charge in [-0.05, 0) is 32.4 Å². The number of Topliss-reactive ketones (excluding diaryl/α,β-unsaturated/α-hetero) is 1. The highest BCUT2D eigenvalue weighted by atomic mass is 16.5. The van der Waals surface area contributed by atoms with Crippen LogP contribution in [0.2, 0.25) is 0 Å². The van der Waals surface area contributed by atoms with E-state index in [1.54, 1.807) is 6.92 Å². The van der Waals surface area contributed by atoms with Gasteiger partial charge < -0.3 is 20.1 Å². The second kappa shape index (κ2) is 7.74. The number of rotatable bonds is 8. The molecule has 7 nitrogen and oxygen atoms in total. The fourth-order valence-corrected chi connectivity index (χ4v) is 2.33. The van der Waals surface area contributed by atoms with Crippen LogP contribution in [0.4, 0.5) is 0 Å². The Bertz CT molecular complexity index is 701. The van der Waals surface area contributed by atoms with Gasteiger partial charge >= 0.3 is 11.9 Å². The van der Waals surface area contributed by atoms with Crippen LogP contribution in [-0.2, 0) is 6.42 Å². The monoisotopic (exact) mass is 336 g/mol. The van der Waals surface area contributed by atoms with Crippen molar-refractivity contribution in [2.75, 3.05) is 6.61 Å². The largest absolute Gasteiger partial charge is 0.493 e. The third-order valence-corrected chi connectivity index (χ3v) is 3.24. The molecule has 7 heteroatoms. The summed E-state index contributed by atoms with van der Waals surface area (Å²) in [6.07, 6.45) is -1.13. The number of ether oxygens (including phenoxy) is 1. The lowest BCUT2D eigenvalue weighted by Crippen LogP contribution is -2.19. The van der Waals surface area contributed by atoms with Crippen LogP contribution in [0, 0.1) is 0 Å². The van der Waals surface area contributed by atoms with E-state index in [1.165, 1.54) is 13.8 Å². The Morgan fingerprint density at radius 2 is 1.79 bits per heavy atom. The number of aliphatic hydroxyl groups is 1. The van der Waals surface area contributed by atoms with Crippen LogP contribution in [0.3, 0.4) is 0 Å². The zero-order chi connectivity index (χ0) is 18.6. The minimum absolute atomic E-state index is 0.0242. The first-order valence-corrected chi connectivity index (χ1v) is 7.29. The van der Waals surface area contributed by atoms with E-state index in [2.05, 4.69) is 6.58 Å². The molecule has 0 fully saturated rings. The molecule has 1 unspecified atom stereocenters. The van der Waals surface area contributed by atoms with Gasteiger partial charge in [-0.1, -0.05) is 6.58 Å². The summed E-state index contributed by atoms with van der Waals surface area (Å²) >= 11 is 0. The lowest BCUT2D eigenvalue weighted by atomic mass is 9.90. The number of benzene rings is 1. The van der Waals surface area contributed by atoms with Crippen molar-refractivity contribution in [3.8, 4) is 5.75 Å². The van der Waals surface area contributed by atoms with E-state index >= 15 is 0 Å². The van der Waals surface area contributed by atoms with E-state index in [0.717, 1.165) is 6.07 Å². The normalized spacial score (nSPS) is 11.7. The molecule has 1 aromatic rings. The molecular formula is C17H20O7. The summed E-state index contributed by atoms with van der Waals surface area (Å²) in [4.78, 5) is 35.4. The van der Waals surface area contributed by atoms with Crippen LogP contribution in [0.15, 0.2) is 18.2 Å². The number of carboxylic acids is 2. The number of ketones is 1. The smallest absolute Gasteiger partial charge is 0.336 e. The number of hydrogen-bond acceptors (Lipinski definition) is 5. The molecule has 0 saturated heterocycles. The van der Waals surface area contributed by atoms with Gasteiger partial charge in [0.2, 0.25) is 0 Å². The third kappa shape index (κ3) is 3.99. The van der Waals surface area contributed by atoms with Gasteiger partial charge in [-0.2, -0.15) is 0 Å². The van der Waals surface area contributed by atoms with Crippen molar-refractivity contribution in [1.82, 2.24) is 0 Å². The average Bonchev–Trinajstić information content (AvgIpc) is 2.46. The summed E-state index contributed by atoms with van der Waals surface area (Å²) < 4.78 is 5.44. The lowest BCUT2D eigenvalue weighted by molar-refractivity contribution is 0.0648. The molecule has 0 aromatic heterocycles. The van der Waals surface area contributed by atoms with Crippen LogP contribution in [0.25, 0.3) is 0 Å². The lowest BCUT2D eigenvalue weighted by Gasteiger charge is -2.19. The number of aliphatic hydroxyl groups excluding tert-OH is 1. The molecule has 24 heavy (non-hydrogen) atoms. The third-order valence-electron chi connectivity index (χ3n) is 3.24. The predicted octanol–water partition coefficient (Wildman–Crippen LogP) is 2.16.